The smallest absolute Gasteiger partial charge is 0.320 e. The second-order valence-electron chi connectivity index (χ2n) is 5.71. The molecule has 0 saturated heterocycles. The van der Waals surface area contributed by atoms with E-state index in [0.29, 0.717) is 18.1 Å². The Morgan fingerprint density at radius 3 is 2.36 bits per heavy atom. The molecule has 0 aromatic heterocycles. The monoisotopic (exact) mass is 338 g/mol. The van der Waals surface area contributed by atoms with Gasteiger partial charge in [0, 0.05) is 12.3 Å². The third kappa shape index (κ3) is 3.74. The second kappa shape index (κ2) is 7.25. The lowest BCUT2D eigenvalue weighted by Gasteiger charge is -2.19. The Morgan fingerprint density at radius 1 is 1.08 bits per heavy atom. The van der Waals surface area contributed by atoms with Crippen molar-refractivity contribution in [3.05, 3.63) is 59.9 Å². The van der Waals surface area contributed by atoms with Crippen molar-refractivity contribution in [2.75, 3.05) is 6.54 Å². The van der Waals surface area contributed by atoms with Crippen LogP contribution in [-0.4, -0.2) is 24.1 Å². The molecule has 0 saturated carbocycles. The zero-order valence-corrected chi connectivity index (χ0v) is 14.1. The van der Waals surface area contributed by atoms with Crippen LogP contribution >= 0.6 is 0 Å². The van der Waals surface area contributed by atoms with E-state index in [2.05, 4.69) is 20.6 Å². The van der Waals surface area contributed by atoms with Crippen LogP contribution in [0.2, 0.25) is 0 Å². The summed E-state index contributed by atoms with van der Waals surface area (Å²) in [6, 6.07) is 13.3. The molecule has 2 aromatic rings. The Bertz CT molecular complexity index is 843. The number of benzene rings is 2. The lowest BCUT2D eigenvalue weighted by Crippen LogP contribution is -2.43. The van der Waals surface area contributed by atoms with Crippen molar-refractivity contribution in [1.29, 1.82) is 0 Å². The summed E-state index contributed by atoms with van der Waals surface area (Å²) in [5.41, 5.74) is 3.00. The predicted octanol–water partition coefficient (Wildman–Crippen LogP) is 4.06. The first-order valence-corrected chi connectivity index (χ1v) is 8.11. The molecule has 3 rings (SSSR count). The Hall–Kier alpha value is -3.02. The number of carbonyl (C=O) groups excluding carboxylic acids is 1. The molecule has 1 aliphatic heterocycles. The molecule has 2 aromatic carbocycles. The molecule has 0 aliphatic carbocycles. The van der Waals surface area contributed by atoms with Gasteiger partial charge >= 0.3 is 6.03 Å². The van der Waals surface area contributed by atoms with Crippen LogP contribution in [0.5, 0.6) is 0 Å². The van der Waals surface area contributed by atoms with Crippen molar-refractivity contribution < 1.29 is 9.18 Å². The van der Waals surface area contributed by atoms with Crippen LogP contribution in [0.1, 0.15) is 25.3 Å². The predicted molar refractivity (Wildman–Crippen MR) is 97.7 cm³/mol. The summed E-state index contributed by atoms with van der Waals surface area (Å²) in [6.45, 7) is 4.23. The lowest BCUT2D eigenvalue weighted by atomic mass is 9.93. The number of para-hydroxylation sites is 2. The first kappa shape index (κ1) is 16.8. The average Bonchev–Trinajstić information content (AvgIpc) is 2.71. The number of fused-ring (bicyclic) bond motifs is 1. The standard InChI is InChI=1S/C19H19FN4O/c1-3-21-19(25)24-18-17(13-8-10-14(20)11-9-13)12(2)22-15-6-4-5-7-16(15)23-18/h4-11,17H,3H2,1-2H3,(H2,21,23,24,25)/t17-/m1/s1. The number of aliphatic imine (C=N–C) groups is 2. The van der Waals surface area contributed by atoms with Crippen molar-refractivity contribution in [3.8, 4) is 0 Å². The molecule has 6 heteroatoms. The maximum Gasteiger partial charge on any atom is 0.320 e. The number of nitrogens with zero attached hydrogens (tertiary/aromatic N) is 2. The van der Waals surface area contributed by atoms with E-state index in [1.165, 1.54) is 12.1 Å². The number of urea groups is 1. The van der Waals surface area contributed by atoms with Crippen LogP contribution in [0.3, 0.4) is 0 Å². The van der Waals surface area contributed by atoms with E-state index >= 15 is 0 Å². The minimum atomic E-state index is -0.365. The van der Waals surface area contributed by atoms with Crippen LogP contribution < -0.4 is 10.6 Å². The van der Waals surface area contributed by atoms with Crippen molar-refractivity contribution in [3.63, 3.8) is 0 Å². The highest BCUT2D eigenvalue weighted by Gasteiger charge is 2.26. The summed E-state index contributed by atoms with van der Waals surface area (Å²) in [4.78, 5) is 21.4. The maximum atomic E-state index is 13.3. The average molecular weight is 338 g/mol. The molecule has 128 valence electrons. The highest BCUT2D eigenvalue weighted by molar-refractivity contribution is 6.17. The molecule has 0 unspecified atom stereocenters. The van der Waals surface area contributed by atoms with E-state index < -0.39 is 0 Å². The second-order valence-corrected chi connectivity index (χ2v) is 5.71. The molecular formula is C19H19FN4O. The number of amidine groups is 1. The molecule has 1 aliphatic rings. The molecule has 0 spiro atoms. The minimum Gasteiger partial charge on any atom is -0.338 e. The fourth-order valence-electron chi connectivity index (χ4n) is 2.78. The fraction of sp³-hybridized carbons (Fsp3) is 0.211. The van der Waals surface area contributed by atoms with Gasteiger partial charge in [-0.1, -0.05) is 24.3 Å². The largest absolute Gasteiger partial charge is 0.338 e. The number of hydrogen-bond donors (Lipinski definition) is 2. The summed E-state index contributed by atoms with van der Waals surface area (Å²) in [7, 11) is 0. The molecule has 2 N–H and O–H groups in total. The van der Waals surface area contributed by atoms with Gasteiger partial charge < -0.3 is 5.32 Å². The van der Waals surface area contributed by atoms with Crippen molar-refractivity contribution in [2.24, 2.45) is 9.98 Å². The van der Waals surface area contributed by atoms with E-state index in [-0.39, 0.29) is 17.8 Å². The number of amides is 2. The first-order chi connectivity index (χ1) is 12.1. The molecular weight excluding hydrogens is 319 g/mol. The summed E-state index contributed by atoms with van der Waals surface area (Å²) >= 11 is 0. The molecule has 0 fully saturated rings. The third-order valence-electron chi connectivity index (χ3n) is 3.89. The van der Waals surface area contributed by atoms with Crippen LogP contribution in [0.15, 0.2) is 58.5 Å². The van der Waals surface area contributed by atoms with Crippen LogP contribution in [-0.2, 0) is 0 Å². The van der Waals surface area contributed by atoms with E-state index in [9.17, 15) is 9.18 Å². The number of carbonyl (C=O) groups is 1. The van der Waals surface area contributed by atoms with Crippen molar-refractivity contribution >= 4 is 29.0 Å². The van der Waals surface area contributed by atoms with Gasteiger partial charge in [0.1, 0.15) is 11.7 Å². The van der Waals surface area contributed by atoms with Gasteiger partial charge in [-0.3, -0.25) is 10.3 Å². The van der Waals surface area contributed by atoms with Crippen LogP contribution in [0.4, 0.5) is 20.6 Å². The summed E-state index contributed by atoms with van der Waals surface area (Å²) in [5.74, 6) is -0.218. The number of halogens is 1. The van der Waals surface area contributed by atoms with E-state index in [1.54, 1.807) is 12.1 Å². The van der Waals surface area contributed by atoms with Crippen LogP contribution in [0, 0.1) is 5.82 Å². The van der Waals surface area contributed by atoms with Crippen molar-refractivity contribution in [1.82, 2.24) is 10.6 Å². The topological polar surface area (TPSA) is 65.8 Å². The Kier molecular flexibility index (Phi) is 4.88. The van der Waals surface area contributed by atoms with Crippen molar-refractivity contribution in [2.45, 2.75) is 19.8 Å². The zero-order valence-electron chi connectivity index (χ0n) is 14.1. The first-order valence-electron chi connectivity index (χ1n) is 8.11. The minimum absolute atomic E-state index is 0.314. The quantitative estimate of drug-likeness (QED) is 0.852. The molecule has 25 heavy (non-hydrogen) atoms. The summed E-state index contributed by atoms with van der Waals surface area (Å²) in [5, 5.41) is 5.52. The van der Waals surface area contributed by atoms with Gasteiger partial charge in [0.05, 0.1) is 17.3 Å². The molecule has 2 amide bonds. The van der Waals surface area contributed by atoms with E-state index in [4.69, 9.17) is 0 Å². The fourth-order valence-corrected chi connectivity index (χ4v) is 2.78. The molecule has 0 radical (unpaired) electrons. The molecule has 1 heterocycles. The van der Waals surface area contributed by atoms with Gasteiger partial charge in [-0.25, -0.2) is 14.2 Å². The number of nitrogens with one attached hydrogen (secondary N) is 2. The SMILES string of the molecule is CCNC(=O)NC1=Nc2ccccc2N=C(C)[C@@H]1c1ccc(F)cc1. The highest BCUT2D eigenvalue weighted by atomic mass is 19.1. The number of hydrogen-bond acceptors (Lipinski definition) is 3. The summed E-state index contributed by atoms with van der Waals surface area (Å²) < 4.78 is 13.3. The van der Waals surface area contributed by atoms with Crippen LogP contribution in [0.25, 0.3) is 0 Å². The Morgan fingerprint density at radius 2 is 1.72 bits per heavy atom. The van der Waals surface area contributed by atoms with E-state index in [1.807, 2.05) is 38.1 Å². The number of rotatable bonds is 2. The molecule has 1 atom stereocenters. The third-order valence-corrected chi connectivity index (χ3v) is 3.89. The highest BCUT2D eigenvalue weighted by Crippen LogP contribution is 2.34. The van der Waals surface area contributed by atoms with Gasteiger partial charge in [-0.05, 0) is 43.7 Å². The molecule has 5 nitrogen and oxygen atoms in total. The van der Waals surface area contributed by atoms with E-state index in [0.717, 1.165) is 17.0 Å². The van der Waals surface area contributed by atoms with Gasteiger partial charge in [0.15, 0.2) is 0 Å². The van der Waals surface area contributed by atoms with Gasteiger partial charge in [0.25, 0.3) is 0 Å². The van der Waals surface area contributed by atoms with Gasteiger partial charge in [0.2, 0.25) is 0 Å². The molecule has 0 bridgehead atoms. The van der Waals surface area contributed by atoms with Gasteiger partial charge in [-0.2, -0.15) is 0 Å². The zero-order chi connectivity index (χ0) is 17.8. The Balaban J connectivity index is 2.09. The Labute approximate surface area is 145 Å². The maximum absolute atomic E-state index is 13.3. The van der Waals surface area contributed by atoms with Gasteiger partial charge in [-0.15, -0.1) is 0 Å². The summed E-state index contributed by atoms with van der Waals surface area (Å²) in [6.07, 6.45) is 0. The lowest BCUT2D eigenvalue weighted by molar-refractivity contribution is 0.245. The normalized spacial score (nSPS) is 16.2.